The predicted molar refractivity (Wildman–Crippen MR) is 152 cm³/mol. The molecule has 1 aliphatic carbocycles. The first kappa shape index (κ1) is 28.9. The Hall–Kier alpha value is -3.66. The van der Waals surface area contributed by atoms with Gasteiger partial charge in [-0.15, -0.1) is 0 Å². The average molecular weight is 565 g/mol. The number of carbonyl (C=O) groups excluding carboxylic acids is 3. The lowest BCUT2D eigenvalue weighted by molar-refractivity contribution is -0.132. The van der Waals surface area contributed by atoms with Crippen LogP contribution in [0, 0.1) is 0 Å². The van der Waals surface area contributed by atoms with Crippen LogP contribution in [0.1, 0.15) is 81.4 Å². The third-order valence-corrected chi connectivity index (χ3v) is 7.91. The van der Waals surface area contributed by atoms with E-state index in [2.05, 4.69) is 6.07 Å². The molecule has 1 aromatic carbocycles. The highest BCUT2D eigenvalue weighted by Gasteiger charge is 2.41. The van der Waals surface area contributed by atoms with Gasteiger partial charge >= 0.3 is 12.1 Å². The van der Waals surface area contributed by atoms with Crippen LogP contribution in [-0.2, 0) is 31.9 Å². The Labute approximate surface area is 241 Å². The zero-order valence-electron chi connectivity index (χ0n) is 24.6. The van der Waals surface area contributed by atoms with E-state index in [1.807, 2.05) is 37.6 Å². The molecule has 41 heavy (non-hydrogen) atoms. The largest absolute Gasteiger partial charge is 0.444 e. The number of carbonyl (C=O) groups is 3. The van der Waals surface area contributed by atoms with E-state index < -0.39 is 17.7 Å². The number of hydrogen-bond donors (Lipinski definition) is 0. The third kappa shape index (κ3) is 6.17. The van der Waals surface area contributed by atoms with E-state index >= 15 is 0 Å². The number of hydrogen-bond acceptors (Lipinski definition) is 7. The molecule has 10 heteroatoms. The SMILES string of the molecule is COC/C=C/C(=O)N1CCc2nn(-c3ccc(C4CCC4)cc3OC(C)=O)c3c2[C@H](C1)N(C(=O)OC(C)(C)C)CC3. The van der Waals surface area contributed by atoms with Gasteiger partial charge in [0.2, 0.25) is 5.91 Å². The van der Waals surface area contributed by atoms with Gasteiger partial charge in [0.25, 0.3) is 0 Å². The molecular weight excluding hydrogens is 524 g/mol. The molecule has 0 unspecified atom stereocenters. The third-order valence-electron chi connectivity index (χ3n) is 7.91. The summed E-state index contributed by atoms with van der Waals surface area (Å²) in [5, 5.41) is 5.03. The summed E-state index contributed by atoms with van der Waals surface area (Å²) in [6.45, 7) is 8.46. The number of amides is 2. The normalized spacial score (nSPS) is 19.0. The van der Waals surface area contributed by atoms with Crippen molar-refractivity contribution in [2.24, 2.45) is 0 Å². The van der Waals surface area contributed by atoms with Crippen molar-refractivity contribution in [2.45, 2.75) is 77.4 Å². The number of aromatic nitrogens is 2. The number of nitrogens with zero attached hydrogens (tertiary/aromatic N) is 4. The smallest absolute Gasteiger partial charge is 0.410 e. The van der Waals surface area contributed by atoms with Crippen LogP contribution in [0.3, 0.4) is 0 Å². The fraction of sp³-hybridized carbons (Fsp3) is 0.548. The van der Waals surface area contributed by atoms with Crippen molar-refractivity contribution in [3.8, 4) is 11.4 Å². The highest BCUT2D eigenvalue weighted by atomic mass is 16.6. The minimum atomic E-state index is -0.658. The van der Waals surface area contributed by atoms with Crippen molar-refractivity contribution in [1.29, 1.82) is 0 Å². The van der Waals surface area contributed by atoms with Crippen LogP contribution in [0.2, 0.25) is 0 Å². The van der Waals surface area contributed by atoms with Gasteiger partial charge in [0.1, 0.15) is 11.3 Å². The first-order valence-corrected chi connectivity index (χ1v) is 14.4. The first-order valence-electron chi connectivity index (χ1n) is 14.4. The highest BCUT2D eigenvalue weighted by molar-refractivity contribution is 5.87. The molecule has 0 radical (unpaired) electrons. The van der Waals surface area contributed by atoms with Crippen LogP contribution in [-0.4, -0.2) is 76.5 Å². The molecule has 1 atom stereocenters. The van der Waals surface area contributed by atoms with Gasteiger partial charge in [0.15, 0.2) is 5.75 Å². The average Bonchev–Trinajstić information content (AvgIpc) is 3.11. The maximum absolute atomic E-state index is 13.4. The molecule has 5 rings (SSSR count). The van der Waals surface area contributed by atoms with Gasteiger partial charge in [-0.3, -0.25) is 14.5 Å². The summed E-state index contributed by atoms with van der Waals surface area (Å²) in [7, 11) is 1.58. The van der Waals surface area contributed by atoms with Gasteiger partial charge < -0.3 is 19.1 Å². The number of ether oxygens (including phenoxy) is 3. The second kappa shape index (κ2) is 11.7. The highest BCUT2D eigenvalue weighted by Crippen LogP contribution is 2.41. The summed E-state index contributed by atoms with van der Waals surface area (Å²) in [4.78, 5) is 42.1. The summed E-state index contributed by atoms with van der Waals surface area (Å²) in [6, 6.07) is 5.64. The molecule has 2 aromatic rings. The molecule has 1 aromatic heterocycles. The minimum absolute atomic E-state index is 0.139. The molecule has 220 valence electrons. The van der Waals surface area contributed by atoms with Gasteiger partial charge in [-0.05, 0) is 57.2 Å². The molecule has 2 aliphatic heterocycles. The molecule has 0 bridgehead atoms. The van der Waals surface area contributed by atoms with Gasteiger partial charge in [0.05, 0.1) is 24.0 Å². The van der Waals surface area contributed by atoms with E-state index in [1.165, 1.54) is 25.0 Å². The Morgan fingerprint density at radius 1 is 1.12 bits per heavy atom. The van der Waals surface area contributed by atoms with E-state index in [4.69, 9.17) is 19.3 Å². The fourth-order valence-corrected chi connectivity index (χ4v) is 5.82. The molecule has 0 N–H and O–H groups in total. The molecule has 0 spiro atoms. The molecule has 3 aliphatic rings. The van der Waals surface area contributed by atoms with Gasteiger partial charge in [-0.25, -0.2) is 9.48 Å². The maximum Gasteiger partial charge on any atom is 0.410 e. The van der Waals surface area contributed by atoms with E-state index in [0.717, 1.165) is 29.8 Å². The molecule has 3 heterocycles. The lowest BCUT2D eigenvalue weighted by atomic mass is 9.80. The number of methoxy groups -OCH3 is 1. The van der Waals surface area contributed by atoms with Crippen molar-refractivity contribution in [3.05, 3.63) is 52.9 Å². The van der Waals surface area contributed by atoms with Crippen LogP contribution in [0.4, 0.5) is 4.79 Å². The quantitative estimate of drug-likeness (QED) is 0.289. The van der Waals surface area contributed by atoms with E-state index in [0.29, 0.717) is 56.4 Å². The predicted octanol–water partition coefficient (Wildman–Crippen LogP) is 4.49. The summed E-state index contributed by atoms with van der Waals surface area (Å²) in [5.74, 6) is 0.449. The topological polar surface area (TPSA) is 103 Å². The number of rotatable bonds is 6. The molecule has 10 nitrogen and oxygen atoms in total. The molecular formula is C31H40N4O6. The Morgan fingerprint density at radius 2 is 1.90 bits per heavy atom. The van der Waals surface area contributed by atoms with Gasteiger partial charge in [0, 0.05) is 58.1 Å². The van der Waals surface area contributed by atoms with Crippen LogP contribution < -0.4 is 4.74 Å². The van der Waals surface area contributed by atoms with E-state index in [1.54, 1.807) is 23.0 Å². The zero-order chi connectivity index (χ0) is 29.3. The minimum Gasteiger partial charge on any atom is -0.444 e. The Bertz CT molecular complexity index is 1350. The lowest BCUT2D eigenvalue weighted by Gasteiger charge is -2.38. The monoisotopic (exact) mass is 564 g/mol. The van der Waals surface area contributed by atoms with Crippen molar-refractivity contribution < 1.29 is 28.6 Å². The second-order valence-corrected chi connectivity index (χ2v) is 12.0. The van der Waals surface area contributed by atoms with Crippen LogP contribution in [0.15, 0.2) is 30.4 Å². The van der Waals surface area contributed by atoms with Crippen molar-refractivity contribution in [1.82, 2.24) is 19.6 Å². The summed E-state index contributed by atoms with van der Waals surface area (Å²) < 4.78 is 18.4. The second-order valence-electron chi connectivity index (χ2n) is 12.0. The molecule has 1 saturated carbocycles. The molecule has 2 amide bonds. The Kier molecular flexibility index (Phi) is 8.22. The van der Waals surface area contributed by atoms with Crippen molar-refractivity contribution in [3.63, 3.8) is 0 Å². The lowest BCUT2D eigenvalue weighted by Crippen LogP contribution is -2.47. The summed E-state index contributed by atoms with van der Waals surface area (Å²) >= 11 is 0. The number of benzene rings is 1. The Morgan fingerprint density at radius 3 is 2.56 bits per heavy atom. The number of esters is 1. The van der Waals surface area contributed by atoms with Crippen molar-refractivity contribution >= 4 is 18.0 Å². The van der Waals surface area contributed by atoms with Crippen LogP contribution in [0.5, 0.6) is 5.75 Å². The first-order chi connectivity index (χ1) is 19.6. The molecule has 1 fully saturated rings. The fourth-order valence-electron chi connectivity index (χ4n) is 5.82. The van der Waals surface area contributed by atoms with E-state index in [9.17, 15) is 14.4 Å². The standard InChI is InChI=1S/C31H40N4O6/c1-20(36)40-27-18-22(21-8-6-9-21)11-12-24(27)35-25-14-16-34(30(38)41-31(2,3)4)26-19-33(28(37)10-7-17-39-5)15-13-23(32-35)29(25)26/h7,10-12,18,21,26H,6,8-9,13-17,19H2,1-5H3/b10-7+/t26-/m0/s1. The summed E-state index contributed by atoms with van der Waals surface area (Å²) in [5.41, 5.74) is 3.93. The van der Waals surface area contributed by atoms with Crippen molar-refractivity contribution in [2.75, 3.05) is 33.4 Å². The summed E-state index contributed by atoms with van der Waals surface area (Å²) in [6.07, 6.45) is 7.35. The van der Waals surface area contributed by atoms with Crippen LogP contribution in [0.25, 0.3) is 5.69 Å². The molecule has 0 saturated heterocycles. The van der Waals surface area contributed by atoms with Crippen LogP contribution >= 0.6 is 0 Å². The van der Waals surface area contributed by atoms with E-state index in [-0.39, 0.29) is 11.9 Å². The maximum atomic E-state index is 13.4. The Balaban J connectivity index is 1.55. The van der Waals surface area contributed by atoms with Gasteiger partial charge in [-0.1, -0.05) is 18.6 Å². The zero-order valence-corrected chi connectivity index (χ0v) is 24.6. The van der Waals surface area contributed by atoms with Gasteiger partial charge in [-0.2, -0.15) is 5.10 Å².